The summed E-state index contributed by atoms with van der Waals surface area (Å²) in [6.45, 7) is 1.59. The molecule has 1 fully saturated rings. The smallest absolute Gasteiger partial charge is 0.0725 e. The minimum Gasteiger partial charge on any atom is -0.372 e. The molecule has 1 aliphatic carbocycles. The van der Waals surface area contributed by atoms with Crippen LogP contribution in [0.1, 0.15) is 47.2 Å². The predicted molar refractivity (Wildman–Crippen MR) is 68.6 cm³/mol. The Morgan fingerprint density at radius 3 is 2.81 bits per heavy atom. The van der Waals surface area contributed by atoms with Crippen molar-refractivity contribution in [2.24, 2.45) is 5.92 Å². The minimum absolute atomic E-state index is 0.531. The van der Waals surface area contributed by atoms with Crippen LogP contribution in [0.2, 0.25) is 0 Å². The van der Waals surface area contributed by atoms with Gasteiger partial charge in [0, 0.05) is 4.83 Å². The summed E-state index contributed by atoms with van der Waals surface area (Å²) in [7, 11) is 0. The molecule has 0 amide bonds. The molecule has 0 bridgehead atoms. The number of benzene rings is 1. The summed E-state index contributed by atoms with van der Waals surface area (Å²) in [5.41, 5.74) is 4.18. The third kappa shape index (κ3) is 2.05. The molecule has 1 heterocycles. The van der Waals surface area contributed by atoms with Gasteiger partial charge < -0.3 is 4.74 Å². The van der Waals surface area contributed by atoms with Crippen LogP contribution in [0.25, 0.3) is 0 Å². The maximum atomic E-state index is 5.45. The van der Waals surface area contributed by atoms with Crippen LogP contribution in [0.4, 0.5) is 0 Å². The van der Waals surface area contributed by atoms with Crippen LogP contribution in [-0.4, -0.2) is 0 Å². The van der Waals surface area contributed by atoms with Crippen LogP contribution < -0.4 is 0 Å². The molecule has 2 heteroatoms. The van der Waals surface area contributed by atoms with Crippen LogP contribution in [0.15, 0.2) is 18.2 Å². The van der Waals surface area contributed by atoms with E-state index in [4.69, 9.17) is 4.74 Å². The highest BCUT2D eigenvalue weighted by Gasteiger charge is 2.22. The molecule has 3 rings (SSSR count). The Balaban J connectivity index is 1.72. The number of rotatable bonds is 3. The standard InChI is InChI=1S/C14H17BrO/c15-14(6-10-2-1-3-10)11-4-5-12-8-16-9-13(12)7-11/h4-5,7,10,14H,1-3,6,8-9H2. The van der Waals surface area contributed by atoms with E-state index in [1.807, 2.05) is 0 Å². The van der Waals surface area contributed by atoms with E-state index in [1.54, 1.807) is 0 Å². The zero-order valence-corrected chi connectivity index (χ0v) is 11.0. The fourth-order valence-corrected chi connectivity index (χ4v) is 3.36. The third-order valence-electron chi connectivity index (χ3n) is 3.87. The first-order valence-corrected chi connectivity index (χ1v) is 7.08. The number of fused-ring (bicyclic) bond motifs is 1. The molecule has 1 saturated carbocycles. The Bertz CT molecular complexity index is 384. The molecule has 0 spiro atoms. The Labute approximate surface area is 105 Å². The second-order valence-electron chi connectivity index (χ2n) is 5.02. The SMILES string of the molecule is BrC(CC1CCC1)c1ccc2c(c1)COC2. The molecular weight excluding hydrogens is 264 g/mol. The normalized spacial score (nSPS) is 21.6. The summed E-state index contributed by atoms with van der Waals surface area (Å²) in [4.78, 5) is 0.531. The summed E-state index contributed by atoms with van der Waals surface area (Å²) in [5, 5.41) is 0. The van der Waals surface area contributed by atoms with Gasteiger partial charge in [0.25, 0.3) is 0 Å². The topological polar surface area (TPSA) is 9.23 Å². The molecule has 1 aliphatic heterocycles. The van der Waals surface area contributed by atoms with Crippen LogP contribution in [0.3, 0.4) is 0 Å². The van der Waals surface area contributed by atoms with Crippen molar-refractivity contribution in [2.45, 2.75) is 43.7 Å². The highest BCUT2D eigenvalue weighted by Crippen LogP contribution is 2.39. The summed E-state index contributed by atoms with van der Waals surface area (Å²) >= 11 is 3.83. The molecule has 16 heavy (non-hydrogen) atoms. The lowest BCUT2D eigenvalue weighted by atomic mass is 9.81. The lowest BCUT2D eigenvalue weighted by Gasteiger charge is -2.27. The van der Waals surface area contributed by atoms with Gasteiger partial charge in [-0.1, -0.05) is 53.4 Å². The van der Waals surface area contributed by atoms with Gasteiger partial charge in [0.05, 0.1) is 13.2 Å². The zero-order valence-electron chi connectivity index (χ0n) is 9.42. The molecule has 1 unspecified atom stereocenters. The Kier molecular flexibility index (Phi) is 3.03. The van der Waals surface area contributed by atoms with Gasteiger partial charge in [-0.3, -0.25) is 0 Å². The molecule has 0 aromatic heterocycles. The lowest BCUT2D eigenvalue weighted by molar-refractivity contribution is 0.134. The predicted octanol–water partition coefficient (Wildman–Crippen LogP) is 4.34. The first-order valence-electron chi connectivity index (χ1n) is 6.16. The van der Waals surface area contributed by atoms with Gasteiger partial charge in [0.1, 0.15) is 0 Å². The second kappa shape index (κ2) is 4.50. The van der Waals surface area contributed by atoms with Crippen LogP contribution in [0, 0.1) is 5.92 Å². The first kappa shape index (κ1) is 10.8. The molecule has 1 aromatic rings. The third-order valence-corrected chi connectivity index (χ3v) is 4.77. The molecule has 1 aromatic carbocycles. The van der Waals surface area contributed by atoms with Crippen LogP contribution in [-0.2, 0) is 18.0 Å². The van der Waals surface area contributed by atoms with Gasteiger partial charge in [-0.2, -0.15) is 0 Å². The van der Waals surface area contributed by atoms with Crippen LogP contribution >= 0.6 is 15.9 Å². The molecule has 1 atom stereocenters. The number of halogens is 1. The van der Waals surface area contributed by atoms with Crippen molar-refractivity contribution >= 4 is 15.9 Å². The molecular formula is C14H17BrO. The molecule has 0 radical (unpaired) electrons. The van der Waals surface area contributed by atoms with Gasteiger partial charge in [0.15, 0.2) is 0 Å². The highest BCUT2D eigenvalue weighted by molar-refractivity contribution is 9.09. The minimum atomic E-state index is 0.531. The van der Waals surface area contributed by atoms with Crippen molar-refractivity contribution in [2.75, 3.05) is 0 Å². The first-order chi connectivity index (χ1) is 7.83. The van der Waals surface area contributed by atoms with Crippen molar-refractivity contribution in [1.82, 2.24) is 0 Å². The maximum absolute atomic E-state index is 5.45. The second-order valence-corrected chi connectivity index (χ2v) is 6.13. The maximum Gasteiger partial charge on any atom is 0.0725 e. The summed E-state index contributed by atoms with van der Waals surface area (Å²) in [5.74, 6) is 0.953. The van der Waals surface area contributed by atoms with Crippen molar-refractivity contribution in [3.8, 4) is 0 Å². The Morgan fingerprint density at radius 2 is 2.06 bits per heavy atom. The molecule has 0 saturated heterocycles. The number of ether oxygens (including phenoxy) is 1. The van der Waals surface area contributed by atoms with Gasteiger partial charge in [-0.05, 0) is 29.0 Å². The number of hydrogen-bond donors (Lipinski definition) is 0. The van der Waals surface area contributed by atoms with Crippen molar-refractivity contribution in [3.63, 3.8) is 0 Å². The zero-order chi connectivity index (χ0) is 11.0. The van der Waals surface area contributed by atoms with E-state index in [0.29, 0.717) is 4.83 Å². The quantitative estimate of drug-likeness (QED) is 0.749. The number of hydrogen-bond acceptors (Lipinski definition) is 1. The van der Waals surface area contributed by atoms with E-state index < -0.39 is 0 Å². The van der Waals surface area contributed by atoms with E-state index in [2.05, 4.69) is 34.1 Å². The summed E-state index contributed by atoms with van der Waals surface area (Å²) in [6, 6.07) is 6.80. The van der Waals surface area contributed by atoms with Crippen molar-refractivity contribution in [1.29, 1.82) is 0 Å². The van der Waals surface area contributed by atoms with E-state index in [1.165, 1.54) is 42.4 Å². The highest BCUT2D eigenvalue weighted by atomic mass is 79.9. The van der Waals surface area contributed by atoms with Gasteiger partial charge >= 0.3 is 0 Å². The monoisotopic (exact) mass is 280 g/mol. The van der Waals surface area contributed by atoms with E-state index in [-0.39, 0.29) is 0 Å². The van der Waals surface area contributed by atoms with E-state index >= 15 is 0 Å². The lowest BCUT2D eigenvalue weighted by Crippen LogP contribution is -2.12. The Morgan fingerprint density at radius 1 is 1.25 bits per heavy atom. The Hall–Kier alpha value is -0.340. The molecule has 2 aliphatic rings. The largest absolute Gasteiger partial charge is 0.372 e. The van der Waals surface area contributed by atoms with E-state index in [0.717, 1.165) is 19.1 Å². The number of alkyl halides is 1. The van der Waals surface area contributed by atoms with Crippen molar-refractivity contribution < 1.29 is 4.74 Å². The van der Waals surface area contributed by atoms with Gasteiger partial charge in [-0.25, -0.2) is 0 Å². The van der Waals surface area contributed by atoms with Gasteiger partial charge in [0.2, 0.25) is 0 Å². The fraction of sp³-hybridized carbons (Fsp3) is 0.571. The fourth-order valence-electron chi connectivity index (χ4n) is 2.54. The molecule has 1 nitrogen and oxygen atoms in total. The summed E-state index contributed by atoms with van der Waals surface area (Å²) < 4.78 is 5.45. The average Bonchev–Trinajstić information content (AvgIpc) is 2.69. The summed E-state index contributed by atoms with van der Waals surface area (Å²) in [6.07, 6.45) is 5.58. The van der Waals surface area contributed by atoms with Gasteiger partial charge in [-0.15, -0.1) is 0 Å². The van der Waals surface area contributed by atoms with Crippen molar-refractivity contribution in [3.05, 3.63) is 34.9 Å². The molecule has 0 N–H and O–H groups in total. The van der Waals surface area contributed by atoms with Crippen LogP contribution in [0.5, 0.6) is 0 Å². The van der Waals surface area contributed by atoms with E-state index in [9.17, 15) is 0 Å². The average molecular weight is 281 g/mol. The molecule has 86 valence electrons.